The Kier molecular flexibility index (Phi) is 4.64. The van der Waals surface area contributed by atoms with E-state index < -0.39 is 0 Å². The molecule has 0 atom stereocenters. The smallest absolute Gasteiger partial charge is 0.108 e. The summed E-state index contributed by atoms with van der Waals surface area (Å²) in [6.07, 6.45) is 7.08. The van der Waals surface area contributed by atoms with Gasteiger partial charge >= 0.3 is 0 Å². The van der Waals surface area contributed by atoms with Crippen molar-refractivity contribution in [1.29, 1.82) is 0 Å². The fourth-order valence-corrected chi connectivity index (χ4v) is 0.960. The van der Waals surface area contributed by atoms with Crippen molar-refractivity contribution in [3.63, 3.8) is 0 Å². The second-order valence-corrected chi connectivity index (χ2v) is 3.76. The van der Waals surface area contributed by atoms with Crippen LogP contribution in [-0.2, 0) is 4.74 Å². The Labute approximate surface area is 81.2 Å². The third kappa shape index (κ3) is 6.42. The third-order valence-corrected chi connectivity index (χ3v) is 1.81. The Bertz CT molecular complexity index is 213. The minimum Gasteiger partial charge on any atom is -0.365 e. The first-order valence-corrected chi connectivity index (χ1v) is 5.02. The van der Waals surface area contributed by atoms with Crippen LogP contribution >= 0.6 is 0 Å². The van der Waals surface area contributed by atoms with Crippen LogP contribution in [-0.4, -0.2) is 13.2 Å². The van der Waals surface area contributed by atoms with Crippen LogP contribution in [0.2, 0.25) is 0 Å². The van der Waals surface area contributed by atoms with E-state index in [4.69, 9.17) is 4.74 Å². The number of allylic oxidation sites excluding steroid dienone is 1. The molecule has 0 heterocycles. The van der Waals surface area contributed by atoms with Crippen molar-refractivity contribution in [3.05, 3.63) is 12.2 Å². The van der Waals surface area contributed by atoms with E-state index in [2.05, 4.69) is 37.8 Å². The Morgan fingerprint density at radius 2 is 2.23 bits per heavy atom. The van der Waals surface area contributed by atoms with Crippen LogP contribution in [0.5, 0.6) is 0 Å². The normalized spacial score (nSPS) is 16.2. The lowest BCUT2D eigenvalue weighted by Gasteiger charge is -1.93. The maximum atomic E-state index is 5.30. The van der Waals surface area contributed by atoms with E-state index >= 15 is 0 Å². The van der Waals surface area contributed by atoms with Crippen LogP contribution in [0.25, 0.3) is 0 Å². The predicted octanol–water partition coefficient (Wildman–Crippen LogP) is 2.63. The number of hydrogen-bond acceptors (Lipinski definition) is 1. The Balaban J connectivity index is 1.92. The molecule has 1 fully saturated rings. The highest BCUT2D eigenvalue weighted by Crippen LogP contribution is 2.29. The monoisotopic (exact) mass is 178 g/mol. The maximum Gasteiger partial charge on any atom is 0.108 e. The van der Waals surface area contributed by atoms with Gasteiger partial charge in [0.05, 0.1) is 6.61 Å². The van der Waals surface area contributed by atoms with Gasteiger partial charge in [-0.2, -0.15) is 0 Å². The molecule has 1 heteroatoms. The van der Waals surface area contributed by atoms with Crippen LogP contribution in [0.3, 0.4) is 0 Å². The maximum absolute atomic E-state index is 5.30. The standard InChI is InChI=1S/C12H18O/c1-11(2)5-3-9-13-10-4-6-12-7-8-12/h4,6,11-12H,7-10H2,1-2H3/b6-4+. The highest BCUT2D eigenvalue weighted by atomic mass is 16.5. The summed E-state index contributed by atoms with van der Waals surface area (Å²) in [5.41, 5.74) is 0. The average Bonchev–Trinajstić information content (AvgIpc) is 2.86. The van der Waals surface area contributed by atoms with Gasteiger partial charge in [-0.3, -0.25) is 0 Å². The highest BCUT2D eigenvalue weighted by Gasteiger charge is 2.16. The van der Waals surface area contributed by atoms with Crippen LogP contribution in [0.15, 0.2) is 12.2 Å². The molecule has 1 rings (SSSR count). The minimum atomic E-state index is 0.450. The lowest BCUT2D eigenvalue weighted by Crippen LogP contribution is -1.91. The lowest BCUT2D eigenvalue weighted by molar-refractivity contribution is 0.199. The molecular formula is C12H18O. The van der Waals surface area contributed by atoms with Crippen LogP contribution in [0.1, 0.15) is 26.7 Å². The van der Waals surface area contributed by atoms with Crippen molar-refractivity contribution >= 4 is 0 Å². The molecule has 0 amide bonds. The molecule has 0 radical (unpaired) electrons. The van der Waals surface area contributed by atoms with Crippen molar-refractivity contribution in [2.75, 3.05) is 13.2 Å². The zero-order valence-electron chi connectivity index (χ0n) is 8.55. The Morgan fingerprint density at radius 1 is 1.46 bits per heavy atom. The van der Waals surface area contributed by atoms with E-state index in [-0.39, 0.29) is 0 Å². The van der Waals surface area contributed by atoms with Gasteiger partial charge in [-0.15, -0.1) is 0 Å². The Morgan fingerprint density at radius 3 is 2.85 bits per heavy atom. The number of hydrogen-bond donors (Lipinski definition) is 0. The lowest BCUT2D eigenvalue weighted by atomic mass is 10.2. The first-order valence-electron chi connectivity index (χ1n) is 5.02. The summed E-state index contributed by atoms with van der Waals surface area (Å²) in [5, 5.41) is 0. The quantitative estimate of drug-likeness (QED) is 0.365. The van der Waals surface area contributed by atoms with Gasteiger partial charge in [0.1, 0.15) is 6.61 Å². The molecule has 0 saturated heterocycles. The van der Waals surface area contributed by atoms with Gasteiger partial charge in [0.15, 0.2) is 0 Å². The predicted molar refractivity (Wildman–Crippen MR) is 55.3 cm³/mol. The van der Waals surface area contributed by atoms with Gasteiger partial charge in [0.2, 0.25) is 0 Å². The molecule has 0 N–H and O–H groups in total. The molecule has 0 unspecified atom stereocenters. The van der Waals surface area contributed by atoms with E-state index in [1.54, 1.807) is 0 Å². The fourth-order valence-electron chi connectivity index (χ4n) is 0.960. The molecular weight excluding hydrogens is 160 g/mol. The first-order chi connectivity index (χ1) is 6.29. The molecule has 0 aromatic carbocycles. The molecule has 1 aliphatic rings. The van der Waals surface area contributed by atoms with Gasteiger partial charge in [-0.05, 0) is 18.8 Å². The van der Waals surface area contributed by atoms with Crippen molar-refractivity contribution < 1.29 is 4.74 Å². The summed E-state index contributed by atoms with van der Waals surface area (Å²) < 4.78 is 5.30. The van der Waals surface area contributed by atoms with Gasteiger partial charge < -0.3 is 4.74 Å². The SMILES string of the molecule is CC(C)C#CCOC/C=C/C1CC1. The molecule has 0 aromatic rings. The van der Waals surface area contributed by atoms with E-state index in [9.17, 15) is 0 Å². The van der Waals surface area contributed by atoms with Crippen LogP contribution < -0.4 is 0 Å². The summed E-state index contributed by atoms with van der Waals surface area (Å²) in [4.78, 5) is 0. The molecule has 1 saturated carbocycles. The van der Waals surface area contributed by atoms with E-state index in [0.717, 1.165) is 5.92 Å². The third-order valence-electron chi connectivity index (χ3n) is 1.81. The highest BCUT2D eigenvalue weighted by molar-refractivity contribution is 5.01. The van der Waals surface area contributed by atoms with Gasteiger partial charge in [-0.1, -0.05) is 37.8 Å². The Hall–Kier alpha value is -0.740. The number of ether oxygens (including phenoxy) is 1. The van der Waals surface area contributed by atoms with Crippen molar-refractivity contribution in [2.24, 2.45) is 11.8 Å². The molecule has 1 aliphatic carbocycles. The zero-order valence-corrected chi connectivity index (χ0v) is 8.55. The summed E-state index contributed by atoms with van der Waals surface area (Å²) in [7, 11) is 0. The van der Waals surface area contributed by atoms with Crippen molar-refractivity contribution in [2.45, 2.75) is 26.7 Å². The van der Waals surface area contributed by atoms with Gasteiger partial charge in [-0.25, -0.2) is 0 Å². The minimum absolute atomic E-state index is 0.450. The topological polar surface area (TPSA) is 9.23 Å². The van der Waals surface area contributed by atoms with Crippen LogP contribution in [0.4, 0.5) is 0 Å². The molecule has 0 aromatic heterocycles. The molecule has 72 valence electrons. The van der Waals surface area contributed by atoms with Crippen molar-refractivity contribution in [1.82, 2.24) is 0 Å². The number of rotatable bonds is 4. The van der Waals surface area contributed by atoms with Gasteiger partial charge in [0.25, 0.3) is 0 Å². The molecule has 13 heavy (non-hydrogen) atoms. The summed E-state index contributed by atoms with van der Waals surface area (Å²) in [6.45, 7) is 5.44. The van der Waals surface area contributed by atoms with Crippen LogP contribution in [0, 0.1) is 23.7 Å². The summed E-state index contributed by atoms with van der Waals surface area (Å²) >= 11 is 0. The molecule has 1 nitrogen and oxygen atoms in total. The van der Waals surface area contributed by atoms with E-state index in [1.807, 2.05) is 0 Å². The molecule has 0 bridgehead atoms. The van der Waals surface area contributed by atoms with Gasteiger partial charge in [0, 0.05) is 5.92 Å². The fraction of sp³-hybridized carbons (Fsp3) is 0.667. The second-order valence-electron chi connectivity index (χ2n) is 3.76. The molecule has 0 spiro atoms. The molecule has 0 aliphatic heterocycles. The first kappa shape index (κ1) is 10.3. The summed E-state index contributed by atoms with van der Waals surface area (Å²) in [5.74, 6) is 7.34. The second kappa shape index (κ2) is 5.83. The van der Waals surface area contributed by atoms with E-state index in [0.29, 0.717) is 19.1 Å². The summed E-state index contributed by atoms with van der Waals surface area (Å²) in [6, 6.07) is 0. The zero-order chi connectivity index (χ0) is 9.52. The largest absolute Gasteiger partial charge is 0.365 e. The van der Waals surface area contributed by atoms with Crippen molar-refractivity contribution in [3.8, 4) is 11.8 Å². The van der Waals surface area contributed by atoms with E-state index in [1.165, 1.54) is 12.8 Å². The average molecular weight is 178 g/mol.